The predicted molar refractivity (Wildman–Crippen MR) is 122 cm³/mol. The first kappa shape index (κ1) is 21.4. The largest absolute Gasteiger partial charge is 0.495 e. The van der Waals surface area contributed by atoms with Crippen LogP contribution in [0.2, 0.25) is 5.02 Å². The zero-order valence-corrected chi connectivity index (χ0v) is 18.6. The first-order valence-electron chi connectivity index (χ1n) is 10.1. The lowest BCUT2D eigenvalue weighted by Crippen LogP contribution is -2.41. The Morgan fingerprint density at radius 1 is 1.12 bits per heavy atom. The Morgan fingerprint density at radius 2 is 1.81 bits per heavy atom. The van der Waals surface area contributed by atoms with Crippen molar-refractivity contribution in [3.63, 3.8) is 0 Å². The van der Waals surface area contributed by atoms with Gasteiger partial charge in [-0.3, -0.25) is 10.2 Å². The summed E-state index contributed by atoms with van der Waals surface area (Å²) in [5.41, 5.74) is 0.399. The molecule has 0 saturated carbocycles. The second kappa shape index (κ2) is 7.03. The Hall–Kier alpha value is -2.43. The summed E-state index contributed by atoms with van der Waals surface area (Å²) in [6.07, 6.45) is 1.52. The number of rotatable bonds is 3. The van der Waals surface area contributed by atoms with Gasteiger partial charge in [0.25, 0.3) is 0 Å². The molecule has 164 valence electrons. The lowest BCUT2D eigenvalue weighted by atomic mass is 9.74. The summed E-state index contributed by atoms with van der Waals surface area (Å²) in [7, 11) is -2.56. The number of aromatic nitrogens is 4. The van der Waals surface area contributed by atoms with E-state index < -0.39 is 31.3 Å². The van der Waals surface area contributed by atoms with Crippen LogP contribution in [0.3, 0.4) is 0 Å². The summed E-state index contributed by atoms with van der Waals surface area (Å²) in [6, 6.07) is 4.58. The molecule has 0 aliphatic carbocycles. The number of halogens is 2. The molecule has 1 fully saturated rings. The number of hydrogen-bond donors (Lipinski definition) is 4. The lowest BCUT2D eigenvalue weighted by Gasteiger charge is -2.32. The zero-order chi connectivity index (χ0) is 23.0. The fourth-order valence-corrected chi connectivity index (χ4v) is 4.18. The zero-order valence-electron chi connectivity index (χ0n) is 17.8. The van der Waals surface area contributed by atoms with E-state index in [4.69, 9.17) is 20.9 Å². The van der Waals surface area contributed by atoms with Gasteiger partial charge in [-0.15, -0.1) is 0 Å². The lowest BCUT2D eigenvalue weighted by molar-refractivity contribution is 0.00578. The molecule has 1 aliphatic heterocycles. The van der Waals surface area contributed by atoms with Crippen molar-refractivity contribution in [2.75, 3.05) is 0 Å². The Kier molecular flexibility index (Phi) is 4.71. The smallest absolute Gasteiger partial charge is 0.423 e. The molecule has 4 N–H and O–H groups in total. The summed E-state index contributed by atoms with van der Waals surface area (Å²) in [6.45, 7) is 7.74. The van der Waals surface area contributed by atoms with Crippen LogP contribution >= 0.6 is 11.6 Å². The molecule has 8 nitrogen and oxygen atoms in total. The first-order valence-corrected chi connectivity index (χ1v) is 10.4. The van der Waals surface area contributed by atoms with Gasteiger partial charge in [-0.2, -0.15) is 10.2 Å². The molecule has 1 saturated heterocycles. The van der Waals surface area contributed by atoms with Gasteiger partial charge in [-0.05, 0) is 50.8 Å². The van der Waals surface area contributed by atoms with Crippen molar-refractivity contribution < 1.29 is 23.7 Å². The van der Waals surface area contributed by atoms with E-state index in [2.05, 4.69) is 20.4 Å². The third-order valence-corrected chi connectivity index (χ3v) is 6.76. The SMILES string of the molecule is CC1(C)OB(c2cc(-c3[nH]nc4c(Cl)ccc(B(O)O)c34)c(F)c3[nH]ncc23)OC1(C)C. The first-order chi connectivity index (χ1) is 15.0. The highest BCUT2D eigenvalue weighted by molar-refractivity contribution is 6.65. The minimum absolute atomic E-state index is 0.137. The number of nitrogens with one attached hydrogen (secondary N) is 2. The molecule has 32 heavy (non-hydrogen) atoms. The van der Waals surface area contributed by atoms with Gasteiger partial charge in [0, 0.05) is 16.3 Å². The van der Waals surface area contributed by atoms with Crippen LogP contribution in [0.1, 0.15) is 27.7 Å². The fraction of sp³-hybridized carbons (Fsp3) is 0.300. The number of benzene rings is 2. The highest BCUT2D eigenvalue weighted by Gasteiger charge is 2.52. The van der Waals surface area contributed by atoms with E-state index in [0.717, 1.165) is 0 Å². The molecule has 5 rings (SSSR count). The van der Waals surface area contributed by atoms with Crippen LogP contribution in [-0.4, -0.2) is 55.9 Å². The summed E-state index contributed by atoms with van der Waals surface area (Å²) < 4.78 is 28.0. The van der Waals surface area contributed by atoms with E-state index in [9.17, 15) is 10.0 Å². The summed E-state index contributed by atoms with van der Waals surface area (Å²) >= 11 is 6.25. The number of hydrogen-bond acceptors (Lipinski definition) is 6. The maximum atomic E-state index is 15.6. The minimum Gasteiger partial charge on any atom is -0.423 e. The maximum Gasteiger partial charge on any atom is 0.495 e. The molecule has 1 aliphatic rings. The van der Waals surface area contributed by atoms with E-state index in [0.29, 0.717) is 26.8 Å². The highest BCUT2D eigenvalue weighted by atomic mass is 35.5. The molecule has 12 heteroatoms. The van der Waals surface area contributed by atoms with Crippen molar-refractivity contribution in [1.29, 1.82) is 0 Å². The second-order valence-electron chi connectivity index (χ2n) is 8.91. The third-order valence-electron chi connectivity index (χ3n) is 6.45. The highest BCUT2D eigenvalue weighted by Crippen LogP contribution is 2.38. The minimum atomic E-state index is -1.80. The van der Waals surface area contributed by atoms with Crippen molar-refractivity contribution >= 4 is 58.6 Å². The molecule has 2 aromatic carbocycles. The van der Waals surface area contributed by atoms with Crippen LogP contribution < -0.4 is 10.9 Å². The van der Waals surface area contributed by atoms with Gasteiger partial charge in [0.1, 0.15) is 11.0 Å². The molecule has 0 atom stereocenters. The van der Waals surface area contributed by atoms with Crippen molar-refractivity contribution in [1.82, 2.24) is 20.4 Å². The molecule has 2 aromatic heterocycles. The molecule has 3 heterocycles. The van der Waals surface area contributed by atoms with Crippen LogP contribution in [-0.2, 0) is 9.31 Å². The third kappa shape index (κ3) is 3.00. The molecule has 0 unspecified atom stereocenters. The molecule has 0 radical (unpaired) electrons. The second-order valence-corrected chi connectivity index (χ2v) is 9.31. The van der Waals surface area contributed by atoms with Crippen LogP contribution in [0.25, 0.3) is 33.1 Å². The Labute approximate surface area is 188 Å². The molecule has 0 bridgehead atoms. The fourth-order valence-electron chi connectivity index (χ4n) is 3.98. The van der Waals surface area contributed by atoms with E-state index >= 15 is 4.39 Å². The summed E-state index contributed by atoms with van der Waals surface area (Å²) in [5, 5.41) is 34.6. The molecular formula is C20H20B2ClFN4O4. The van der Waals surface area contributed by atoms with Gasteiger partial charge in [0.05, 0.1) is 28.1 Å². The van der Waals surface area contributed by atoms with E-state index in [1.165, 1.54) is 18.3 Å². The molecule has 0 amide bonds. The number of H-pyrrole nitrogens is 2. The van der Waals surface area contributed by atoms with E-state index in [1.807, 2.05) is 27.7 Å². The number of nitrogens with zero attached hydrogens (tertiary/aromatic N) is 2. The van der Waals surface area contributed by atoms with Crippen LogP contribution in [0.15, 0.2) is 24.4 Å². The quantitative estimate of drug-likeness (QED) is 0.350. The predicted octanol–water partition coefficient (Wildman–Crippen LogP) is 1.88. The van der Waals surface area contributed by atoms with Gasteiger partial charge in [-0.25, -0.2) is 4.39 Å². The average molecular weight is 456 g/mol. The van der Waals surface area contributed by atoms with Gasteiger partial charge in [0.2, 0.25) is 0 Å². The Balaban J connectivity index is 1.78. The normalized spacial score (nSPS) is 17.6. The van der Waals surface area contributed by atoms with Crippen molar-refractivity contribution in [2.24, 2.45) is 0 Å². The van der Waals surface area contributed by atoms with Gasteiger partial charge < -0.3 is 19.4 Å². The van der Waals surface area contributed by atoms with Crippen molar-refractivity contribution in [2.45, 2.75) is 38.9 Å². The average Bonchev–Trinajstić information content (AvgIpc) is 3.40. The maximum absolute atomic E-state index is 15.6. The van der Waals surface area contributed by atoms with Gasteiger partial charge in [-0.1, -0.05) is 17.7 Å². The molecular weight excluding hydrogens is 436 g/mol. The van der Waals surface area contributed by atoms with E-state index in [-0.39, 0.29) is 22.2 Å². The number of aromatic amines is 2. The van der Waals surface area contributed by atoms with Gasteiger partial charge in [0.15, 0.2) is 5.82 Å². The van der Waals surface area contributed by atoms with Crippen molar-refractivity contribution in [3.8, 4) is 11.3 Å². The topological polar surface area (TPSA) is 116 Å². The standard InChI is InChI=1S/C20H20B2ClFN4O4/c1-19(2)20(3,4)32-22(31-19)12-7-9(15(24)17-10(12)8-25-26-17)16-14-11(21(29)30)5-6-13(23)18(14)28-27-16/h5-8,29-30H,1-4H3,(H,25,26)(H,27,28). The molecule has 4 aromatic rings. The Bertz CT molecular complexity index is 1350. The van der Waals surface area contributed by atoms with Gasteiger partial charge >= 0.3 is 14.2 Å². The van der Waals surface area contributed by atoms with E-state index in [1.54, 1.807) is 6.07 Å². The number of fused-ring (bicyclic) bond motifs is 2. The van der Waals surface area contributed by atoms with Crippen LogP contribution in [0.4, 0.5) is 4.39 Å². The molecule has 0 spiro atoms. The van der Waals surface area contributed by atoms with Crippen LogP contribution in [0.5, 0.6) is 0 Å². The monoisotopic (exact) mass is 456 g/mol. The summed E-state index contributed by atoms with van der Waals surface area (Å²) in [4.78, 5) is 0. The summed E-state index contributed by atoms with van der Waals surface area (Å²) in [5.74, 6) is -0.582. The van der Waals surface area contributed by atoms with Crippen LogP contribution in [0, 0.1) is 5.82 Å². The van der Waals surface area contributed by atoms with Crippen molar-refractivity contribution in [3.05, 3.63) is 35.2 Å². The Morgan fingerprint density at radius 3 is 2.47 bits per heavy atom.